The molecule has 0 aromatic rings. The van der Waals surface area contributed by atoms with Gasteiger partial charge in [0.25, 0.3) is 0 Å². The van der Waals surface area contributed by atoms with Crippen LogP contribution in [0.5, 0.6) is 0 Å². The summed E-state index contributed by atoms with van der Waals surface area (Å²) in [6.45, 7) is 6.81. The molecule has 0 aromatic heterocycles. The fourth-order valence-electron chi connectivity index (χ4n) is 2.75. The van der Waals surface area contributed by atoms with E-state index in [2.05, 4.69) is 12.2 Å². The quantitative estimate of drug-likeness (QED) is 0.809. The lowest BCUT2D eigenvalue weighted by Crippen LogP contribution is -2.63. The Bertz CT molecular complexity index is 350. The van der Waals surface area contributed by atoms with Gasteiger partial charge in [-0.15, -0.1) is 0 Å². The molecule has 0 bridgehead atoms. The van der Waals surface area contributed by atoms with Gasteiger partial charge in [-0.25, -0.2) is 0 Å². The smallest absolute Gasteiger partial charge is 0.245 e. The number of carbonyl (C=O) groups excluding carboxylic acids is 2. The van der Waals surface area contributed by atoms with Gasteiger partial charge in [-0.2, -0.15) is 0 Å². The molecule has 4 nitrogen and oxygen atoms in total. The van der Waals surface area contributed by atoms with Crippen LogP contribution in [0.2, 0.25) is 0 Å². The molecule has 4 heteroatoms. The van der Waals surface area contributed by atoms with Crippen LogP contribution in [-0.2, 0) is 9.59 Å². The molecule has 1 aliphatic carbocycles. The van der Waals surface area contributed by atoms with Crippen LogP contribution in [0.3, 0.4) is 0 Å². The van der Waals surface area contributed by atoms with Crippen LogP contribution < -0.4 is 5.32 Å². The van der Waals surface area contributed by atoms with Crippen LogP contribution >= 0.6 is 0 Å². The normalized spacial score (nSPS) is 30.3. The molecule has 2 aliphatic rings. The molecular formula is C14H24N2O2. The molecule has 2 amide bonds. The van der Waals surface area contributed by atoms with Crippen molar-refractivity contribution in [2.45, 2.75) is 65.0 Å². The minimum Gasteiger partial charge on any atom is -0.343 e. The van der Waals surface area contributed by atoms with E-state index < -0.39 is 0 Å². The fraction of sp³-hybridized carbons (Fsp3) is 0.857. The number of hydrogen-bond donors (Lipinski definition) is 1. The Morgan fingerprint density at radius 3 is 2.50 bits per heavy atom. The Hall–Kier alpha value is -1.06. The lowest BCUT2D eigenvalue weighted by atomic mass is 9.98. The van der Waals surface area contributed by atoms with Gasteiger partial charge in [0.05, 0.1) is 0 Å². The molecule has 1 saturated heterocycles. The van der Waals surface area contributed by atoms with Crippen molar-refractivity contribution in [1.29, 1.82) is 0 Å². The SMILES string of the molecule is CCCC1NC(=O)C(C)N(CC2(CC)CC2)C1=O. The van der Waals surface area contributed by atoms with E-state index >= 15 is 0 Å². The van der Waals surface area contributed by atoms with Crippen LogP contribution in [0.4, 0.5) is 0 Å². The summed E-state index contributed by atoms with van der Waals surface area (Å²) in [5, 5.41) is 2.84. The highest BCUT2D eigenvalue weighted by Crippen LogP contribution is 2.49. The first-order chi connectivity index (χ1) is 8.53. The second kappa shape index (κ2) is 4.90. The zero-order valence-electron chi connectivity index (χ0n) is 11.7. The van der Waals surface area contributed by atoms with Crippen LogP contribution in [-0.4, -0.2) is 35.3 Å². The van der Waals surface area contributed by atoms with Crippen molar-refractivity contribution in [3.63, 3.8) is 0 Å². The summed E-state index contributed by atoms with van der Waals surface area (Å²) in [6.07, 6.45) is 5.15. The fourth-order valence-corrected chi connectivity index (χ4v) is 2.75. The third kappa shape index (κ3) is 2.38. The first-order valence-electron chi connectivity index (χ1n) is 7.14. The van der Waals surface area contributed by atoms with Gasteiger partial charge in [0.1, 0.15) is 12.1 Å². The van der Waals surface area contributed by atoms with Crippen LogP contribution in [0, 0.1) is 5.41 Å². The third-order valence-corrected chi connectivity index (χ3v) is 4.53. The maximum atomic E-state index is 12.4. The lowest BCUT2D eigenvalue weighted by Gasteiger charge is -2.39. The number of nitrogens with one attached hydrogen (secondary N) is 1. The van der Waals surface area contributed by atoms with Gasteiger partial charge in [0.2, 0.25) is 11.8 Å². The molecule has 1 saturated carbocycles. The molecule has 18 heavy (non-hydrogen) atoms. The molecule has 102 valence electrons. The molecule has 0 spiro atoms. The molecule has 2 unspecified atom stereocenters. The van der Waals surface area contributed by atoms with Crippen molar-refractivity contribution in [3.05, 3.63) is 0 Å². The van der Waals surface area contributed by atoms with E-state index in [1.165, 1.54) is 12.8 Å². The number of nitrogens with zero attached hydrogens (tertiary/aromatic N) is 1. The molecular weight excluding hydrogens is 228 g/mol. The summed E-state index contributed by atoms with van der Waals surface area (Å²) < 4.78 is 0. The van der Waals surface area contributed by atoms with E-state index in [0.717, 1.165) is 25.8 Å². The minimum atomic E-state index is -0.311. The summed E-state index contributed by atoms with van der Waals surface area (Å²) in [6, 6.07) is -0.610. The second-order valence-electron chi connectivity index (χ2n) is 5.85. The van der Waals surface area contributed by atoms with E-state index in [9.17, 15) is 9.59 Å². The summed E-state index contributed by atoms with van der Waals surface area (Å²) in [5.74, 6) is 0.114. The van der Waals surface area contributed by atoms with Crippen molar-refractivity contribution in [2.75, 3.05) is 6.54 Å². The standard InChI is InChI=1S/C14H24N2O2/c1-4-6-11-13(18)16(10(3)12(17)15-11)9-14(5-2)7-8-14/h10-11H,4-9H2,1-3H3,(H,15,17). The second-order valence-corrected chi connectivity index (χ2v) is 5.85. The topological polar surface area (TPSA) is 49.4 Å². The number of hydrogen-bond acceptors (Lipinski definition) is 2. The van der Waals surface area contributed by atoms with Gasteiger partial charge in [-0.3, -0.25) is 9.59 Å². The van der Waals surface area contributed by atoms with E-state index in [1.807, 2.05) is 18.7 Å². The van der Waals surface area contributed by atoms with Crippen molar-refractivity contribution >= 4 is 11.8 Å². The van der Waals surface area contributed by atoms with Gasteiger partial charge in [-0.1, -0.05) is 20.3 Å². The van der Waals surface area contributed by atoms with Crippen LogP contribution in [0.15, 0.2) is 0 Å². The maximum absolute atomic E-state index is 12.4. The predicted octanol–water partition coefficient (Wildman–Crippen LogP) is 1.69. The van der Waals surface area contributed by atoms with Gasteiger partial charge in [0.15, 0.2) is 0 Å². The third-order valence-electron chi connectivity index (χ3n) is 4.53. The van der Waals surface area contributed by atoms with Gasteiger partial charge < -0.3 is 10.2 Å². The molecule has 2 fully saturated rings. The van der Waals surface area contributed by atoms with Gasteiger partial charge >= 0.3 is 0 Å². The number of amides is 2. The predicted molar refractivity (Wildman–Crippen MR) is 70.0 cm³/mol. The number of rotatable bonds is 5. The molecule has 1 aliphatic heterocycles. The van der Waals surface area contributed by atoms with Gasteiger partial charge in [0, 0.05) is 6.54 Å². The lowest BCUT2D eigenvalue weighted by molar-refractivity contribution is -0.149. The van der Waals surface area contributed by atoms with Crippen LogP contribution in [0.25, 0.3) is 0 Å². The zero-order valence-corrected chi connectivity index (χ0v) is 11.7. The molecule has 0 aromatic carbocycles. The summed E-state index contributed by atoms with van der Waals surface area (Å²) >= 11 is 0. The van der Waals surface area contributed by atoms with E-state index in [4.69, 9.17) is 0 Å². The Balaban J connectivity index is 2.09. The Morgan fingerprint density at radius 2 is 2.00 bits per heavy atom. The Labute approximate surface area is 109 Å². The van der Waals surface area contributed by atoms with Crippen molar-refractivity contribution in [1.82, 2.24) is 10.2 Å². The molecule has 1 heterocycles. The molecule has 1 N–H and O–H groups in total. The maximum Gasteiger partial charge on any atom is 0.245 e. The van der Waals surface area contributed by atoms with Crippen molar-refractivity contribution in [2.24, 2.45) is 5.41 Å². The van der Waals surface area contributed by atoms with Gasteiger partial charge in [-0.05, 0) is 38.0 Å². The zero-order chi connectivity index (χ0) is 13.3. The summed E-state index contributed by atoms with van der Waals surface area (Å²) in [4.78, 5) is 26.1. The number of piperazine rings is 1. The first-order valence-corrected chi connectivity index (χ1v) is 7.14. The van der Waals surface area contributed by atoms with E-state index in [0.29, 0.717) is 5.41 Å². The average molecular weight is 252 g/mol. The van der Waals surface area contributed by atoms with Crippen molar-refractivity contribution in [3.8, 4) is 0 Å². The van der Waals surface area contributed by atoms with E-state index in [1.54, 1.807) is 0 Å². The van der Waals surface area contributed by atoms with E-state index in [-0.39, 0.29) is 23.9 Å². The highest BCUT2D eigenvalue weighted by atomic mass is 16.2. The highest BCUT2D eigenvalue weighted by molar-refractivity contribution is 5.96. The Kier molecular flexibility index (Phi) is 3.64. The average Bonchev–Trinajstić information content (AvgIpc) is 3.12. The minimum absolute atomic E-state index is 0.0000435. The highest BCUT2D eigenvalue weighted by Gasteiger charge is 2.47. The van der Waals surface area contributed by atoms with Crippen molar-refractivity contribution < 1.29 is 9.59 Å². The first kappa shape index (κ1) is 13.4. The number of carbonyl (C=O) groups is 2. The summed E-state index contributed by atoms with van der Waals surface area (Å²) in [5.41, 5.74) is 0.304. The molecule has 2 rings (SSSR count). The Morgan fingerprint density at radius 1 is 1.33 bits per heavy atom. The summed E-state index contributed by atoms with van der Waals surface area (Å²) in [7, 11) is 0. The largest absolute Gasteiger partial charge is 0.343 e. The van der Waals surface area contributed by atoms with Crippen LogP contribution in [0.1, 0.15) is 52.9 Å². The molecule has 2 atom stereocenters. The monoisotopic (exact) mass is 252 g/mol. The molecule has 0 radical (unpaired) electrons.